The lowest BCUT2D eigenvalue weighted by atomic mass is 10.1. The normalized spacial score (nSPS) is 25.0. The van der Waals surface area contributed by atoms with Crippen LogP contribution in [0.2, 0.25) is 0 Å². The molecule has 8 heteroatoms. The highest BCUT2D eigenvalue weighted by atomic mass is 19.4. The molecule has 23 heavy (non-hydrogen) atoms. The van der Waals surface area contributed by atoms with Crippen molar-refractivity contribution in [3.63, 3.8) is 0 Å². The molecule has 1 amide bonds. The van der Waals surface area contributed by atoms with Gasteiger partial charge in [0.2, 0.25) is 5.91 Å². The summed E-state index contributed by atoms with van der Waals surface area (Å²) in [5, 5.41) is 1.78. The molecule has 0 radical (unpaired) electrons. The third-order valence-electron chi connectivity index (χ3n) is 3.95. The van der Waals surface area contributed by atoms with E-state index in [1.165, 1.54) is 12.1 Å². The summed E-state index contributed by atoms with van der Waals surface area (Å²) in [5.41, 5.74) is 3.22. The number of para-hydroxylation sites is 1. The van der Waals surface area contributed by atoms with Gasteiger partial charge in [0.05, 0.1) is 13.2 Å². The van der Waals surface area contributed by atoms with Crippen LogP contribution in [-0.4, -0.2) is 43.6 Å². The number of halogens is 3. The van der Waals surface area contributed by atoms with Gasteiger partial charge in [-0.25, -0.2) is 5.01 Å². The Kier molecular flexibility index (Phi) is 4.45. The van der Waals surface area contributed by atoms with Gasteiger partial charge in [0, 0.05) is 19.0 Å². The molecule has 3 rings (SSSR count). The molecule has 0 spiro atoms. The van der Waals surface area contributed by atoms with Crippen molar-refractivity contribution in [2.45, 2.75) is 18.7 Å². The number of morpholine rings is 1. The zero-order valence-electron chi connectivity index (χ0n) is 12.3. The fourth-order valence-electron chi connectivity index (χ4n) is 2.75. The van der Waals surface area contributed by atoms with Crippen LogP contribution in [0.3, 0.4) is 0 Å². The molecule has 126 valence electrons. The highest BCUT2D eigenvalue weighted by molar-refractivity contribution is 5.82. The topological polar surface area (TPSA) is 50.8 Å². The molecule has 0 bridgehead atoms. The minimum atomic E-state index is -4.74. The first-order valence-corrected chi connectivity index (χ1v) is 7.42. The molecular formula is C15H17F3N2O3. The Morgan fingerprint density at radius 1 is 1.26 bits per heavy atom. The average Bonchev–Trinajstić information content (AvgIpc) is 3.28. The van der Waals surface area contributed by atoms with Gasteiger partial charge in [-0.3, -0.25) is 10.2 Å². The number of nitrogens with zero attached hydrogens (tertiary/aromatic N) is 1. The van der Waals surface area contributed by atoms with Crippen molar-refractivity contribution in [1.29, 1.82) is 0 Å². The van der Waals surface area contributed by atoms with Crippen LogP contribution in [0.5, 0.6) is 5.75 Å². The molecule has 1 heterocycles. The molecule has 0 unspecified atom stereocenters. The fraction of sp³-hybridized carbons (Fsp3) is 0.533. The zero-order valence-corrected chi connectivity index (χ0v) is 12.3. The van der Waals surface area contributed by atoms with Crippen LogP contribution in [0, 0.1) is 5.92 Å². The number of benzene rings is 1. The van der Waals surface area contributed by atoms with Gasteiger partial charge >= 0.3 is 6.36 Å². The van der Waals surface area contributed by atoms with E-state index in [1.807, 2.05) is 0 Å². The summed E-state index contributed by atoms with van der Waals surface area (Å²) < 4.78 is 46.6. The number of hydrogen-bond donors (Lipinski definition) is 1. The van der Waals surface area contributed by atoms with E-state index < -0.39 is 6.36 Å². The van der Waals surface area contributed by atoms with Gasteiger partial charge in [-0.2, -0.15) is 0 Å². The Hall–Kier alpha value is -1.80. The van der Waals surface area contributed by atoms with E-state index in [4.69, 9.17) is 4.74 Å². The molecule has 1 N–H and O–H groups in total. The molecule has 5 nitrogen and oxygen atoms in total. The lowest BCUT2D eigenvalue weighted by molar-refractivity contribution is -0.274. The Labute approximate surface area is 131 Å². The van der Waals surface area contributed by atoms with Crippen LogP contribution in [0.1, 0.15) is 17.9 Å². The molecule has 2 aliphatic rings. The van der Waals surface area contributed by atoms with Crippen LogP contribution in [0.15, 0.2) is 24.3 Å². The largest absolute Gasteiger partial charge is 0.573 e. The van der Waals surface area contributed by atoms with E-state index >= 15 is 0 Å². The van der Waals surface area contributed by atoms with E-state index in [9.17, 15) is 18.0 Å². The standard InChI is InChI=1S/C15H17F3N2O3/c16-15(17,18)23-13-4-2-1-3-10(13)11-9-12(11)14(21)19-20-5-7-22-8-6-20/h1-4,11-12H,5-9H2,(H,19,21)/t11-,12-/m0/s1. The van der Waals surface area contributed by atoms with Crippen molar-refractivity contribution >= 4 is 5.91 Å². The number of nitrogens with one attached hydrogen (secondary N) is 1. The van der Waals surface area contributed by atoms with Gasteiger partial charge < -0.3 is 9.47 Å². The van der Waals surface area contributed by atoms with Gasteiger partial charge in [-0.05, 0) is 24.0 Å². The SMILES string of the molecule is O=C(NN1CCOCC1)[C@H]1C[C@H]1c1ccccc1OC(F)(F)F. The summed E-state index contributed by atoms with van der Waals surface area (Å²) >= 11 is 0. The van der Waals surface area contributed by atoms with Gasteiger partial charge in [0.1, 0.15) is 5.75 Å². The second-order valence-electron chi connectivity index (χ2n) is 5.61. The van der Waals surface area contributed by atoms with Crippen molar-refractivity contribution in [2.24, 2.45) is 5.92 Å². The van der Waals surface area contributed by atoms with E-state index in [0.717, 1.165) is 0 Å². The molecule has 1 saturated heterocycles. The van der Waals surface area contributed by atoms with Crippen LogP contribution in [0.25, 0.3) is 0 Å². The van der Waals surface area contributed by atoms with Crippen molar-refractivity contribution in [3.8, 4) is 5.75 Å². The van der Waals surface area contributed by atoms with Gasteiger partial charge in [0.25, 0.3) is 0 Å². The number of rotatable bonds is 4. The maximum Gasteiger partial charge on any atom is 0.573 e. The summed E-state index contributed by atoms with van der Waals surface area (Å²) in [4.78, 5) is 12.2. The molecule has 2 fully saturated rings. The maximum absolute atomic E-state index is 12.4. The average molecular weight is 330 g/mol. The quantitative estimate of drug-likeness (QED) is 0.918. The van der Waals surface area contributed by atoms with Crippen LogP contribution in [0.4, 0.5) is 13.2 Å². The lowest BCUT2D eigenvalue weighted by Crippen LogP contribution is -2.49. The predicted octanol–water partition coefficient (Wildman–Crippen LogP) is 2.05. The number of ether oxygens (including phenoxy) is 2. The van der Waals surface area contributed by atoms with Crippen molar-refractivity contribution in [1.82, 2.24) is 10.4 Å². The second kappa shape index (κ2) is 6.37. The first-order chi connectivity index (χ1) is 10.9. The first kappa shape index (κ1) is 16.1. The van der Waals surface area contributed by atoms with Crippen molar-refractivity contribution < 1.29 is 27.4 Å². The van der Waals surface area contributed by atoms with E-state index in [0.29, 0.717) is 38.3 Å². The molecule has 1 aliphatic heterocycles. The minimum Gasteiger partial charge on any atom is -0.405 e. The molecule has 0 aromatic heterocycles. The monoisotopic (exact) mass is 330 g/mol. The van der Waals surface area contributed by atoms with Crippen LogP contribution < -0.4 is 10.2 Å². The van der Waals surface area contributed by atoms with Gasteiger partial charge in [-0.1, -0.05) is 18.2 Å². The number of hydrogen-bond acceptors (Lipinski definition) is 4. The fourth-order valence-corrected chi connectivity index (χ4v) is 2.75. The number of carbonyl (C=O) groups is 1. The Bertz CT molecular complexity index is 573. The second-order valence-corrected chi connectivity index (χ2v) is 5.61. The number of carbonyl (C=O) groups excluding carboxylic acids is 1. The van der Waals surface area contributed by atoms with Gasteiger partial charge in [-0.15, -0.1) is 13.2 Å². The summed E-state index contributed by atoms with van der Waals surface area (Å²) in [7, 11) is 0. The maximum atomic E-state index is 12.4. The summed E-state index contributed by atoms with van der Waals surface area (Å²) in [5.74, 6) is -0.962. The first-order valence-electron chi connectivity index (χ1n) is 7.42. The Balaban J connectivity index is 1.62. The molecule has 1 aromatic carbocycles. The predicted molar refractivity (Wildman–Crippen MR) is 74.5 cm³/mol. The zero-order chi connectivity index (χ0) is 16.4. The molecule has 1 saturated carbocycles. The molecule has 1 aromatic rings. The number of amides is 1. The van der Waals surface area contributed by atoms with E-state index in [-0.39, 0.29) is 23.5 Å². The lowest BCUT2D eigenvalue weighted by Gasteiger charge is -2.27. The van der Waals surface area contributed by atoms with Crippen LogP contribution in [-0.2, 0) is 9.53 Å². The summed E-state index contributed by atoms with van der Waals surface area (Å²) in [6.45, 7) is 2.32. The van der Waals surface area contributed by atoms with E-state index in [2.05, 4.69) is 10.2 Å². The smallest absolute Gasteiger partial charge is 0.405 e. The third kappa shape index (κ3) is 4.14. The van der Waals surface area contributed by atoms with Crippen LogP contribution >= 0.6 is 0 Å². The Morgan fingerprint density at radius 3 is 2.65 bits per heavy atom. The van der Waals surface area contributed by atoms with Gasteiger partial charge in [0.15, 0.2) is 0 Å². The van der Waals surface area contributed by atoms with Crippen molar-refractivity contribution in [3.05, 3.63) is 29.8 Å². The summed E-state index contributed by atoms with van der Waals surface area (Å²) in [6.07, 6.45) is -4.22. The van der Waals surface area contributed by atoms with Crippen molar-refractivity contribution in [2.75, 3.05) is 26.3 Å². The number of alkyl halides is 3. The molecule has 1 aliphatic carbocycles. The third-order valence-corrected chi connectivity index (χ3v) is 3.95. The highest BCUT2D eigenvalue weighted by Gasteiger charge is 2.46. The molecule has 2 atom stereocenters. The highest BCUT2D eigenvalue weighted by Crippen LogP contribution is 2.51. The Morgan fingerprint density at radius 2 is 1.96 bits per heavy atom. The summed E-state index contributed by atoms with van der Waals surface area (Å²) in [6, 6.07) is 5.98. The molecular weight excluding hydrogens is 313 g/mol. The minimum absolute atomic E-state index is 0.168. The van der Waals surface area contributed by atoms with E-state index in [1.54, 1.807) is 17.1 Å². The number of hydrazine groups is 1.